The van der Waals surface area contributed by atoms with E-state index in [2.05, 4.69) is 16.5 Å². The van der Waals surface area contributed by atoms with E-state index in [0.29, 0.717) is 19.0 Å². The van der Waals surface area contributed by atoms with E-state index >= 15 is 0 Å². The second-order valence-electron chi connectivity index (χ2n) is 6.00. The molecule has 6 nitrogen and oxygen atoms in total. The predicted octanol–water partition coefficient (Wildman–Crippen LogP) is -0.120. The highest BCUT2D eigenvalue weighted by atomic mass is 32.2. The van der Waals surface area contributed by atoms with Gasteiger partial charge in [0.15, 0.2) is 0 Å². The van der Waals surface area contributed by atoms with Crippen LogP contribution in [0.1, 0.15) is 20.8 Å². The van der Waals surface area contributed by atoms with E-state index in [9.17, 15) is 8.42 Å². The van der Waals surface area contributed by atoms with Gasteiger partial charge in [0.2, 0.25) is 0 Å². The van der Waals surface area contributed by atoms with E-state index in [1.165, 1.54) is 4.31 Å². The SMILES string of the molecule is C[C@@H]1CN(S(=O)(=O)N[C@@H]2CN(C)C[C@@H]2C)C[C@@H](C)O1. The fourth-order valence-electron chi connectivity index (χ4n) is 2.96. The second-order valence-corrected chi connectivity index (χ2v) is 7.70. The van der Waals surface area contributed by atoms with E-state index in [4.69, 9.17) is 4.74 Å². The summed E-state index contributed by atoms with van der Waals surface area (Å²) in [5.74, 6) is 0.343. The Kier molecular flexibility index (Phi) is 4.52. The zero-order chi connectivity index (χ0) is 14.2. The third-order valence-corrected chi connectivity index (χ3v) is 5.40. The molecule has 1 N–H and O–H groups in total. The van der Waals surface area contributed by atoms with Crippen molar-refractivity contribution < 1.29 is 13.2 Å². The Morgan fingerprint density at radius 1 is 1.05 bits per heavy atom. The molecule has 0 radical (unpaired) electrons. The van der Waals surface area contributed by atoms with Crippen LogP contribution in [0.3, 0.4) is 0 Å². The van der Waals surface area contributed by atoms with Crippen LogP contribution in [0.5, 0.6) is 0 Å². The molecule has 2 saturated heterocycles. The number of nitrogens with zero attached hydrogens (tertiary/aromatic N) is 2. The molecule has 2 aliphatic rings. The molecule has 0 spiro atoms. The summed E-state index contributed by atoms with van der Waals surface area (Å²) in [4.78, 5) is 2.16. The number of likely N-dealkylation sites (N-methyl/N-ethyl adjacent to an activating group) is 1. The molecule has 0 saturated carbocycles. The molecule has 0 aliphatic carbocycles. The van der Waals surface area contributed by atoms with Crippen molar-refractivity contribution in [2.24, 2.45) is 5.92 Å². The average molecular weight is 291 g/mol. The van der Waals surface area contributed by atoms with Crippen LogP contribution in [0.25, 0.3) is 0 Å². The smallest absolute Gasteiger partial charge is 0.279 e. The summed E-state index contributed by atoms with van der Waals surface area (Å²) in [6, 6.07) is 0.00320. The van der Waals surface area contributed by atoms with Crippen LogP contribution in [-0.2, 0) is 14.9 Å². The van der Waals surface area contributed by atoms with Gasteiger partial charge in [0.1, 0.15) is 0 Å². The number of ether oxygens (including phenoxy) is 1. The highest BCUT2D eigenvalue weighted by Gasteiger charge is 2.36. The maximum Gasteiger partial charge on any atom is 0.279 e. The minimum absolute atomic E-state index is 0.00320. The number of likely N-dealkylation sites (tertiary alicyclic amines) is 1. The monoisotopic (exact) mass is 291 g/mol. The Bertz CT molecular complexity index is 404. The van der Waals surface area contributed by atoms with Crippen molar-refractivity contribution >= 4 is 10.2 Å². The van der Waals surface area contributed by atoms with Crippen LogP contribution in [0.15, 0.2) is 0 Å². The van der Waals surface area contributed by atoms with Crippen molar-refractivity contribution in [3.8, 4) is 0 Å². The molecule has 0 aromatic heterocycles. The minimum Gasteiger partial charge on any atom is -0.373 e. The molecule has 0 aromatic rings. The summed E-state index contributed by atoms with van der Waals surface area (Å²) in [6.45, 7) is 8.46. The molecule has 0 aromatic carbocycles. The summed E-state index contributed by atoms with van der Waals surface area (Å²) in [5.41, 5.74) is 0. The Labute approximate surface area is 116 Å². The zero-order valence-corrected chi connectivity index (χ0v) is 13.0. The van der Waals surface area contributed by atoms with Gasteiger partial charge in [-0.2, -0.15) is 17.4 Å². The highest BCUT2D eigenvalue weighted by Crippen LogP contribution is 2.18. The van der Waals surface area contributed by atoms with E-state index < -0.39 is 10.2 Å². The lowest BCUT2D eigenvalue weighted by atomic mass is 10.1. The number of rotatable bonds is 3. The largest absolute Gasteiger partial charge is 0.373 e. The number of hydrogen-bond donors (Lipinski definition) is 1. The number of nitrogens with one attached hydrogen (secondary N) is 1. The fourth-order valence-corrected chi connectivity index (χ4v) is 4.61. The summed E-state index contributed by atoms with van der Waals surface area (Å²) in [5, 5.41) is 0. The molecular weight excluding hydrogens is 266 g/mol. The van der Waals surface area contributed by atoms with Gasteiger partial charge in [-0.15, -0.1) is 0 Å². The van der Waals surface area contributed by atoms with E-state index in [0.717, 1.165) is 13.1 Å². The van der Waals surface area contributed by atoms with Gasteiger partial charge < -0.3 is 9.64 Å². The molecule has 112 valence electrons. The first-order valence-electron chi connectivity index (χ1n) is 6.89. The first-order chi connectivity index (χ1) is 8.78. The molecule has 2 rings (SSSR count). The van der Waals surface area contributed by atoms with E-state index in [-0.39, 0.29) is 18.2 Å². The molecule has 0 bridgehead atoms. The van der Waals surface area contributed by atoms with Gasteiger partial charge in [-0.25, -0.2) is 0 Å². The van der Waals surface area contributed by atoms with Crippen molar-refractivity contribution in [3.05, 3.63) is 0 Å². The molecule has 4 atom stereocenters. The lowest BCUT2D eigenvalue weighted by molar-refractivity contribution is -0.0444. The van der Waals surface area contributed by atoms with E-state index in [1.807, 2.05) is 20.9 Å². The molecule has 7 heteroatoms. The van der Waals surface area contributed by atoms with Gasteiger partial charge in [0.25, 0.3) is 10.2 Å². The van der Waals surface area contributed by atoms with Gasteiger partial charge in [0, 0.05) is 32.2 Å². The third kappa shape index (κ3) is 3.66. The topological polar surface area (TPSA) is 61.9 Å². The van der Waals surface area contributed by atoms with Crippen LogP contribution in [-0.4, -0.2) is 69.1 Å². The third-order valence-electron chi connectivity index (χ3n) is 3.82. The predicted molar refractivity (Wildman–Crippen MR) is 74.1 cm³/mol. The Balaban J connectivity index is 2.02. The summed E-state index contributed by atoms with van der Waals surface area (Å²) >= 11 is 0. The Morgan fingerprint density at radius 2 is 1.63 bits per heavy atom. The van der Waals surface area contributed by atoms with Crippen molar-refractivity contribution in [1.29, 1.82) is 0 Å². The van der Waals surface area contributed by atoms with Crippen LogP contribution in [0.2, 0.25) is 0 Å². The summed E-state index contributed by atoms with van der Waals surface area (Å²) < 4.78 is 34.8. The Hall–Kier alpha value is -0.210. The lowest BCUT2D eigenvalue weighted by Crippen LogP contribution is -2.54. The van der Waals surface area contributed by atoms with Crippen molar-refractivity contribution in [2.45, 2.75) is 39.0 Å². The first-order valence-corrected chi connectivity index (χ1v) is 8.33. The first kappa shape index (κ1) is 15.2. The van der Waals surface area contributed by atoms with Crippen molar-refractivity contribution in [3.63, 3.8) is 0 Å². The lowest BCUT2D eigenvalue weighted by Gasteiger charge is -2.35. The summed E-state index contributed by atoms with van der Waals surface area (Å²) in [6.07, 6.45) is -0.104. The van der Waals surface area contributed by atoms with Crippen LogP contribution >= 0.6 is 0 Å². The van der Waals surface area contributed by atoms with Gasteiger partial charge >= 0.3 is 0 Å². The van der Waals surface area contributed by atoms with Crippen molar-refractivity contribution in [1.82, 2.24) is 13.9 Å². The Morgan fingerprint density at radius 3 is 2.11 bits per heavy atom. The number of morpholine rings is 1. The van der Waals surface area contributed by atoms with Crippen molar-refractivity contribution in [2.75, 3.05) is 33.2 Å². The normalized spacial score (nSPS) is 38.7. The fraction of sp³-hybridized carbons (Fsp3) is 1.00. The summed E-state index contributed by atoms with van der Waals surface area (Å²) in [7, 11) is -1.39. The molecule has 19 heavy (non-hydrogen) atoms. The zero-order valence-electron chi connectivity index (χ0n) is 12.2. The van der Waals surface area contributed by atoms with Crippen LogP contribution < -0.4 is 4.72 Å². The molecule has 2 aliphatic heterocycles. The quantitative estimate of drug-likeness (QED) is 0.787. The average Bonchev–Trinajstić information content (AvgIpc) is 2.55. The maximum absolute atomic E-state index is 12.4. The molecule has 2 heterocycles. The van der Waals surface area contributed by atoms with Crippen LogP contribution in [0, 0.1) is 5.92 Å². The van der Waals surface area contributed by atoms with E-state index in [1.54, 1.807) is 0 Å². The standard InChI is InChI=1S/C12H25N3O3S/c1-9-5-14(4)8-12(9)13-19(16,17)15-6-10(2)18-11(3)7-15/h9-13H,5-8H2,1-4H3/t9-,10+,11+,12+/m0/s1. The minimum atomic E-state index is -3.41. The van der Waals surface area contributed by atoms with Gasteiger partial charge in [0.05, 0.1) is 12.2 Å². The number of hydrogen-bond acceptors (Lipinski definition) is 4. The molecular formula is C12H25N3O3S. The van der Waals surface area contributed by atoms with Gasteiger partial charge in [-0.3, -0.25) is 0 Å². The molecule has 2 fully saturated rings. The second kappa shape index (κ2) is 5.65. The van der Waals surface area contributed by atoms with Gasteiger partial charge in [-0.05, 0) is 26.8 Å². The van der Waals surface area contributed by atoms with Crippen LogP contribution in [0.4, 0.5) is 0 Å². The molecule has 0 amide bonds. The molecule has 0 unspecified atom stereocenters. The van der Waals surface area contributed by atoms with Gasteiger partial charge in [-0.1, -0.05) is 6.92 Å². The maximum atomic E-state index is 12.4. The highest BCUT2D eigenvalue weighted by molar-refractivity contribution is 7.87.